The van der Waals surface area contributed by atoms with Crippen molar-refractivity contribution in [3.63, 3.8) is 0 Å². The highest BCUT2D eigenvalue weighted by Crippen LogP contribution is 2.39. The summed E-state index contributed by atoms with van der Waals surface area (Å²) in [5, 5.41) is 23.0. The van der Waals surface area contributed by atoms with E-state index in [1.165, 1.54) is 6.07 Å². The van der Waals surface area contributed by atoms with Crippen LogP contribution < -0.4 is 5.32 Å². The molecule has 0 radical (unpaired) electrons. The molecule has 0 saturated heterocycles. The minimum atomic E-state index is -0.853. The Bertz CT molecular complexity index is 523. The van der Waals surface area contributed by atoms with Gasteiger partial charge >= 0.3 is 5.97 Å². The number of nitro benzene ring substituents is 1. The summed E-state index contributed by atoms with van der Waals surface area (Å²) in [5.74, 6) is -0.853. The fraction of sp³-hybridized carbons (Fsp3) is 0.462. The summed E-state index contributed by atoms with van der Waals surface area (Å²) in [7, 11) is 0. The molecule has 6 nitrogen and oxygen atoms in total. The Balaban J connectivity index is 2.20. The number of carbonyl (C=O) groups is 1. The molecule has 2 rings (SSSR count). The van der Waals surface area contributed by atoms with Crippen molar-refractivity contribution in [1.82, 2.24) is 0 Å². The van der Waals surface area contributed by atoms with Crippen molar-refractivity contribution < 1.29 is 14.8 Å². The highest BCUT2D eigenvalue weighted by molar-refractivity contribution is 5.70. The number of nitro groups is 1. The minimum absolute atomic E-state index is 0.0364. The Morgan fingerprint density at radius 1 is 1.53 bits per heavy atom. The third kappa shape index (κ3) is 2.83. The highest BCUT2D eigenvalue weighted by Gasteiger charge is 2.39. The quantitative estimate of drug-likeness (QED) is 0.630. The third-order valence-corrected chi connectivity index (χ3v) is 3.62. The second-order valence-corrected chi connectivity index (χ2v) is 5.09. The number of aliphatic carboxylic acids is 1. The molecule has 0 aliphatic heterocycles. The van der Waals surface area contributed by atoms with Crippen molar-refractivity contribution in [2.75, 3.05) is 5.32 Å². The van der Waals surface area contributed by atoms with E-state index in [4.69, 9.17) is 5.11 Å². The van der Waals surface area contributed by atoms with E-state index in [0.717, 1.165) is 19.3 Å². The number of benzene rings is 1. The molecular weight excluding hydrogens is 248 g/mol. The van der Waals surface area contributed by atoms with Gasteiger partial charge in [-0.25, -0.2) is 0 Å². The van der Waals surface area contributed by atoms with Gasteiger partial charge in [0, 0.05) is 22.9 Å². The van der Waals surface area contributed by atoms with Crippen molar-refractivity contribution in [3.05, 3.63) is 33.9 Å². The normalized spacial score (nSPS) is 16.5. The summed E-state index contributed by atoms with van der Waals surface area (Å²) >= 11 is 0. The molecular formula is C13H16N2O4. The number of rotatable bonds is 5. The first kappa shape index (κ1) is 13.3. The summed E-state index contributed by atoms with van der Waals surface area (Å²) in [6.45, 7) is 1.68. The van der Waals surface area contributed by atoms with Crippen LogP contribution in [0.3, 0.4) is 0 Å². The van der Waals surface area contributed by atoms with Crippen LogP contribution in [0, 0.1) is 17.0 Å². The maximum atomic E-state index is 10.9. The van der Waals surface area contributed by atoms with E-state index < -0.39 is 16.4 Å². The topological polar surface area (TPSA) is 92.5 Å². The van der Waals surface area contributed by atoms with E-state index in [-0.39, 0.29) is 12.1 Å². The lowest BCUT2D eigenvalue weighted by Crippen LogP contribution is -2.46. The Morgan fingerprint density at radius 3 is 2.68 bits per heavy atom. The number of carboxylic acid groups (broad SMARTS) is 1. The van der Waals surface area contributed by atoms with Crippen LogP contribution in [0.25, 0.3) is 0 Å². The van der Waals surface area contributed by atoms with Gasteiger partial charge in [-0.15, -0.1) is 0 Å². The fourth-order valence-electron chi connectivity index (χ4n) is 2.43. The molecule has 6 heteroatoms. The number of carboxylic acids is 1. The van der Waals surface area contributed by atoms with E-state index in [2.05, 4.69) is 5.32 Å². The Labute approximate surface area is 110 Å². The summed E-state index contributed by atoms with van der Waals surface area (Å²) in [6, 6.07) is 4.90. The van der Waals surface area contributed by atoms with Crippen molar-refractivity contribution in [1.29, 1.82) is 0 Å². The predicted octanol–water partition coefficient (Wildman–Crippen LogP) is 2.71. The molecule has 0 amide bonds. The summed E-state index contributed by atoms with van der Waals surface area (Å²) in [6.07, 6.45) is 2.57. The van der Waals surface area contributed by atoms with Crippen molar-refractivity contribution >= 4 is 17.3 Å². The lowest BCUT2D eigenvalue weighted by Gasteiger charge is -2.42. The lowest BCUT2D eigenvalue weighted by molar-refractivity contribution is -0.385. The highest BCUT2D eigenvalue weighted by atomic mass is 16.6. The van der Waals surface area contributed by atoms with Gasteiger partial charge in [0.2, 0.25) is 0 Å². The fourth-order valence-corrected chi connectivity index (χ4v) is 2.43. The number of aryl methyl sites for hydroxylation is 1. The zero-order valence-electron chi connectivity index (χ0n) is 10.7. The van der Waals surface area contributed by atoms with Crippen molar-refractivity contribution in [3.8, 4) is 0 Å². The lowest BCUT2D eigenvalue weighted by atomic mass is 9.74. The molecule has 1 aliphatic rings. The van der Waals surface area contributed by atoms with Crippen LogP contribution >= 0.6 is 0 Å². The molecule has 0 spiro atoms. The molecule has 1 aromatic carbocycles. The zero-order chi connectivity index (χ0) is 14.0. The van der Waals surface area contributed by atoms with E-state index in [1.807, 2.05) is 0 Å². The maximum absolute atomic E-state index is 10.9. The molecule has 0 atom stereocenters. The van der Waals surface area contributed by atoms with Gasteiger partial charge in [0.1, 0.15) is 0 Å². The van der Waals surface area contributed by atoms with Crippen molar-refractivity contribution in [2.45, 2.75) is 38.1 Å². The minimum Gasteiger partial charge on any atom is -0.481 e. The van der Waals surface area contributed by atoms with Crippen LogP contribution in [0.15, 0.2) is 18.2 Å². The molecule has 0 aromatic heterocycles. The van der Waals surface area contributed by atoms with Crippen LogP contribution in [0.5, 0.6) is 0 Å². The first-order valence-corrected chi connectivity index (χ1v) is 6.17. The molecule has 1 aliphatic carbocycles. The van der Waals surface area contributed by atoms with E-state index in [0.29, 0.717) is 11.3 Å². The van der Waals surface area contributed by atoms with Gasteiger partial charge in [-0.05, 0) is 32.3 Å². The van der Waals surface area contributed by atoms with Gasteiger partial charge in [-0.3, -0.25) is 14.9 Å². The van der Waals surface area contributed by atoms with E-state index >= 15 is 0 Å². The third-order valence-electron chi connectivity index (χ3n) is 3.62. The van der Waals surface area contributed by atoms with Crippen LogP contribution in [0.2, 0.25) is 0 Å². The van der Waals surface area contributed by atoms with Gasteiger partial charge in [-0.1, -0.05) is 6.07 Å². The number of hydrogen-bond acceptors (Lipinski definition) is 4. The Morgan fingerprint density at radius 2 is 2.21 bits per heavy atom. The van der Waals surface area contributed by atoms with Crippen molar-refractivity contribution in [2.24, 2.45) is 0 Å². The second kappa shape index (κ2) is 4.87. The molecule has 1 aromatic rings. The molecule has 19 heavy (non-hydrogen) atoms. The van der Waals surface area contributed by atoms with Gasteiger partial charge in [0.25, 0.3) is 5.69 Å². The number of hydrogen-bond donors (Lipinski definition) is 2. The summed E-state index contributed by atoms with van der Waals surface area (Å²) in [4.78, 5) is 21.3. The molecule has 102 valence electrons. The van der Waals surface area contributed by atoms with Gasteiger partial charge in [0.05, 0.1) is 11.3 Å². The summed E-state index contributed by atoms with van der Waals surface area (Å²) in [5.41, 5.74) is 0.805. The van der Waals surface area contributed by atoms with Crippen LogP contribution in [-0.2, 0) is 4.79 Å². The smallest absolute Gasteiger partial charge is 0.305 e. The number of anilines is 1. The van der Waals surface area contributed by atoms with Crippen LogP contribution in [0.4, 0.5) is 11.4 Å². The van der Waals surface area contributed by atoms with Gasteiger partial charge < -0.3 is 10.4 Å². The standard InChI is InChI=1S/C13H16N2O4/c1-9-3-4-10(7-11(9)15(18)19)14-13(5-2-6-13)8-12(16)17/h3-4,7,14H,2,5-6,8H2,1H3,(H,16,17). The maximum Gasteiger partial charge on any atom is 0.305 e. The predicted molar refractivity (Wildman–Crippen MR) is 70.3 cm³/mol. The Kier molecular flexibility index (Phi) is 3.42. The van der Waals surface area contributed by atoms with Crippen LogP contribution in [0.1, 0.15) is 31.2 Å². The molecule has 0 heterocycles. The SMILES string of the molecule is Cc1ccc(NC2(CC(=O)O)CCC2)cc1[N+](=O)[O-]. The monoisotopic (exact) mass is 264 g/mol. The molecule has 0 bridgehead atoms. The first-order valence-electron chi connectivity index (χ1n) is 6.17. The van der Waals surface area contributed by atoms with E-state index in [9.17, 15) is 14.9 Å². The molecule has 1 fully saturated rings. The van der Waals surface area contributed by atoms with Gasteiger partial charge in [0.15, 0.2) is 0 Å². The average Bonchev–Trinajstić information content (AvgIpc) is 2.27. The van der Waals surface area contributed by atoms with Gasteiger partial charge in [-0.2, -0.15) is 0 Å². The first-order chi connectivity index (χ1) is 8.92. The second-order valence-electron chi connectivity index (χ2n) is 5.09. The average molecular weight is 264 g/mol. The zero-order valence-corrected chi connectivity index (χ0v) is 10.7. The largest absolute Gasteiger partial charge is 0.481 e. The summed E-state index contributed by atoms with van der Waals surface area (Å²) < 4.78 is 0. The number of nitrogens with one attached hydrogen (secondary N) is 1. The van der Waals surface area contributed by atoms with Crippen LogP contribution in [-0.4, -0.2) is 21.5 Å². The van der Waals surface area contributed by atoms with E-state index in [1.54, 1.807) is 19.1 Å². The Hall–Kier alpha value is -2.11. The molecule has 1 saturated carbocycles. The molecule has 2 N–H and O–H groups in total. The molecule has 0 unspecified atom stereocenters. The number of nitrogens with zero attached hydrogens (tertiary/aromatic N) is 1.